The zero-order valence-corrected chi connectivity index (χ0v) is 10.1. The Morgan fingerprint density at radius 1 is 1.20 bits per heavy atom. The monoisotopic (exact) mass is 240 g/mol. The second-order valence-corrected chi connectivity index (χ2v) is 4.50. The van der Waals surface area contributed by atoms with Gasteiger partial charge in [-0.3, -0.25) is 4.57 Å². The average molecular weight is 240 g/mol. The molecule has 0 spiro atoms. The molecular weight excluding hydrogens is 223 g/mol. The number of methoxy groups -OCH3 is 1. The third-order valence-electron chi connectivity index (χ3n) is 1.35. The van der Waals surface area contributed by atoms with Gasteiger partial charge in [0.15, 0.2) is 0 Å². The molecular formula is C8H17O6P. The maximum absolute atomic E-state index is 11.8. The van der Waals surface area contributed by atoms with Gasteiger partial charge in [-0.25, -0.2) is 4.79 Å². The number of carbonyl (C=O) groups is 1. The quantitative estimate of drug-likeness (QED) is 0.471. The number of ether oxygens (including phenoxy) is 2. The van der Waals surface area contributed by atoms with Crippen LogP contribution in [0.4, 0.5) is 0 Å². The Balaban J connectivity index is 3.96. The Morgan fingerprint density at radius 2 is 1.73 bits per heavy atom. The Hall–Kier alpha value is -0.420. The molecule has 0 N–H and O–H groups in total. The minimum atomic E-state index is -3.22. The molecule has 6 nitrogen and oxygen atoms in total. The predicted octanol–water partition coefficient (Wildman–Crippen LogP) is 1.40. The topological polar surface area (TPSA) is 71.1 Å². The Morgan fingerprint density at radius 3 is 2.13 bits per heavy atom. The lowest BCUT2D eigenvalue weighted by Crippen LogP contribution is -2.12. The van der Waals surface area contributed by atoms with Crippen LogP contribution in [-0.2, 0) is 27.9 Å². The Bertz CT molecular complexity index is 219. The number of hydrogen-bond donors (Lipinski definition) is 0. The molecule has 0 rings (SSSR count). The van der Waals surface area contributed by atoms with Crippen molar-refractivity contribution in [3.8, 4) is 0 Å². The molecule has 0 amide bonds. The van der Waals surface area contributed by atoms with Crippen LogP contribution in [0.2, 0.25) is 0 Å². The van der Waals surface area contributed by atoms with E-state index in [1.54, 1.807) is 13.8 Å². The summed E-state index contributed by atoms with van der Waals surface area (Å²) in [6.45, 7) is 3.66. The highest BCUT2D eigenvalue weighted by atomic mass is 31.2. The maximum atomic E-state index is 11.8. The molecule has 7 heteroatoms. The summed E-state index contributed by atoms with van der Waals surface area (Å²) >= 11 is 0. The summed E-state index contributed by atoms with van der Waals surface area (Å²) < 4.78 is 30.9. The first-order valence-corrected chi connectivity index (χ1v) is 6.33. The molecule has 0 saturated heterocycles. The van der Waals surface area contributed by atoms with Gasteiger partial charge in [-0.05, 0) is 13.8 Å². The van der Waals surface area contributed by atoms with Crippen molar-refractivity contribution in [3.63, 3.8) is 0 Å². The number of hydrogen-bond acceptors (Lipinski definition) is 6. The summed E-state index contributed by atoms with van der Waals surface area (Å²) in [5.41, 5.74) is 0. The first-order valence-electron chi connectivity index (χ1n) is 4.60. The molecule has 0 heterocycles. The van der Waals surface area contributed by atoms with Gasteiger partial charge in [0.05, 0.1) is 20.3 Å². The molecule has 0 saturated carbocycles. The van der Waals surface area contributed by atoms with E-state index in [9.17, 15) is 9.36 Å². The summed E-state index contributed by atoms with van der Waals surface area (Å²) in [7, 11) is -1.97. The predicted molar refractivity (Wildman–Crippen MR) is 53.7 cm³/mol. The minimum absolute atomic E-state index is 0.246. The fraction of sp³-hybridized carbons (Fsp3) is 0.875. The molecule has 0 bridgehead atoms. The lowest BCUT2D eigenvalue weighted by molar-refractivity contribution is -0.145. The van der Waals surface area contributed by atoms with Gasteiger partial charge in [0.2, 0.25) is 0 Å². The first kappa shape index (κ1) is 14.6. The second kappa shape index (κ2) is 7.82. The largest absolute Gasteiger partial charge is 0.467 e. The number of esters is 1. The van der Waals surface area contributed by atoms with Crippen LogP contribution in [0.5, 0.6) is 0 Å². The molecule has 0 radical (unpaired) electrons. The van der Waals surface area contributed by atoms with E-state index in [4.69, 9.17) is 13.8 Å². The molecule has 0 atom stereocenters. The van der Waals surface area contributed by atoms with Crippen LogP contribution in [-0.4, -0.2) is 39.2 Å². The van der Waals surface area contributed by atoms with Gasteiger partial charge in [0.25, 0.3) is 0 Å². The van der Waals surface area contributed by atoms with E-state index in [1.807, 2.05) is 0 Å². The minimum Gasteiger partial charge on any atom is -0.467 e. The van der Waals surface area contributed by atoms with Crippen LogP contribution in [0.15, 0.2) is 0 Å². The van der Waals surface area contributed by atoms with Crippen LogP contribution >= 0.6 is 7.60 Å². The first-order chi connectivity index (χ1) is 7.08. The van der Waals surface area contributed by atoms with Crippen LogP contribution in [0, 0.1) is 0 Å². The van der Waals surface area contributed by atoms with Gasteiger partial charge in [0.1, 0.15) is 13.0 Å². The van der Waals surface area contributed by atoms with E-state index in [0.717, 1.165) is 0 Å². The maximum Gasteiger partial charge on any atom is 0.356 e. The van der Waals surface area contributed by atoms with Crippen molar-refractivity contribution in [1.82, 2.24) is 0 Å². The third-order valence-corrected chi connectivity index (χ3v) is 3.15. The third kappa shape index (κ3) is 6.62. The van der Waals surface area contributed by atoms with E-state index in [-0.39, 0.29) is 26.2 Å². The van der Waals surface area contributed by atoms with Gasteiger partial charge < -0.3 is 18.5 Å². The van der Waals surface area contributed by atoms with Crippen molar-refractivity contribution in [1.29, 1.82) is 0 Å². The molecule has 0 unspecified atom stereocenters. The summed E-state index contributed by atoms with van der Waals surface area (Å²) in [5, 5.41) is 0. The zero-order valence-electron chi connectivity index (χ0n) is 9.23. The standard InChI is InChI=1S/C8H17O6P/c1-4-13-15(10,14-5-2)7-12-6-8(9)11-3/h4-7H2,1-3H3. The van der Waals surface area contributed by atoms with Crippen LogP contribution in [0.3, 0.4) is 0 Å². The molecule has 0 fully saturated rings. The SMILES string of the molecule is CCOP(=O)(COCC(=O)OC)OCC. The van der Waals surface area contributed by atoms with Gasteiger partial charge in [-0.15, -0.1) is 0 Å². The number of rotatable bonds is 8. The van der Waals surface area contributed by atoms with E-state index >= 15 is 0 Å². The van der Waals surface area contributed by atoms with Crippen LogP contribution in [0.1, 0.15) is 13.8 Å². The van der Waals surface area contributed by atoms with E-state index in [2.05, 4.69) is 4.74 Å². The zero-order chi connectivity index (χ0) is 11.7. The fourth-order valence-corrected chi connectivity index (χ4v) is 2.13. The van der Waals surface area contributed by atoms with Crippen LogP contribution in [0.25, 0.3) is 0 Å². The van der Waals surface area contributed by atoms with Crippen molar-refractivity contribution < 1.29 is 27.9 Å². The summed E-state index contributed by atoms with van der Waals surface area (Å²) in [6.07, 6.45) is -0.246. The van der Waals surface area contributed by atoms with Crippen molar-refractivity contribution in [2.24, 2.45) is 0 Å². The highest BCUT2D eigenvalue weighted by molar-refractivity contribution is 7.53. The van der Waals surface area contributed by atoms with Gasteiger partial charge in [0, 0.05) is 0 Å². The molecule has 0 aliphatic heterocycles. The highest BCUT2D eigenvalue weighted by Gasteiger charge is 2.24. The highest BCUT2D eigenvalue weighted by Crippen LogP contribution is 2.47. The number of carbonyl (C=O) groups excluding carboxylic acids is 1. The molecule has 90 valence electrons. The molecule has 0 aliphatic carbocycles. The van der Waals surface area contributed by atoms with Crippen molar-refractivity contribution in [2.75, 3.05) is 33.3 Å². The van der Waals surface area contributed by atoms with Crippen molar-refractivity contribution in [3.05, 3.63) is 0 Å². The molecule has 0 aliphatic rings. The summed E-state index contributed by atoms with van der Waals surface area (Å²) in [6, 6.07) is 0. The van der Waals surface area contributed by atoms with Crippen molar-refractivity contribution >= 4 is 13.6 Å². The van der Waals surface area contributed by atoms with Crippen LogP contribution < -0.4 is 0 Å². The van der Waals surface area contributed by atoms with E-state index < -0.39 is 13.6 Å². The average Bonchev–Trinajstić information content (AvgIpc) is 2.18. The van der Waals surface area contributed by atoms with Gasteiger partial charge in [-0.1, -0.05) is 0 Å². The fourth-order valence-electron chi connectivity index (χ4n) is 0.805. The molecule has 0 aromatic carbocycles. The smallest absolute Gasteiger partial charge is 0.356 e. The van der Waals surface area contributed by atoms with Gasteiger partial charge >= 0.3 is 13.6 Å². The molecule has 0 aromatic heterocycles. The Kier molecular flexibility index (Phi) is 7.60. The summed E-state index contributed by atoms with van der Waals surface area (Å²) in [4.78, 5) is 10.7. The van der Waals surface area contributed by atoms with E-state index in [1.165, 1.54) is 7.11 Å². The van der Waals surface area contributed by atoms with Crippen molar-refractivity contribution in [2.45, 2.75) is 13.8 Å². The lowest BCUT2D eigenvalue weighted by atomic mass is 10.7. The summed E-state index contributed by atoms with van der Waals surface area (Å²) in [5.74, 6) is -0.533. The molecule has 15 heavy (non-hydrogen) atoms. The molecule has 0 aromatic rings. The van der Waals surface area contributed by atoms with Gasteiger partial charge in [-0.2, -0.15) is 0 Å². The lowest BCUT2D eigenvalue weighted by Gasteiger charge is -2.16. The Labute approximate surface area is 89.4 Å². The second-order valence-electron chi connectivity index (χ2n) is 2.50. The van der Waals surface area contributed by atoms with E-state index in [0.29, 0.717) is 0 Å². The normalized spacial score (nSPS) is 11.4.